The Hall–Kier alpha value is -1.84. The third-order valence-electron chi connectivity index (χ3n) is 6.16. The molecular weight excluding hydrogens is 404 g/mol. The van der Waals surface area contributed by atoms with Crippen molar-refractivity contribution in [2.24, 2.45) is 0 Å². The number of hydrogen-bond acceptors (Lipinski definition) is 7. The molecule has 0 amide bonds. The Morgan fingerprint density at radius 1 is 1.10 bits per heavy atom. The molecule has 5 rings (SSSR count). The Bertz CT molecular complexity index is 1080. The van der Waals surface area contributed by atoms with Crippen LogP contribution in [0.25, 0.3) is 10.1 Å². The van der Waals surface area contributed by atoms with Gasteiger partial charge in [0.2, 0.25) is 5.79 Å². The number of rotatable bonds is 3. The lowest BCUT2D eigenvalue weighted by Crippen LogP contribution is -2.63. The average molecular weight is 429 g/mol. The van der Waals surface area contributed by atoms with Gasteiger partial charge < -0.3 is 29.9 Å². The van der Waals surface area contributed by atoms with Gasteiger partial charge in [-0.25, -0.2) is 0 Å². The molecule has 2 aliphatic heterocycles. The van der Waals surface area contributed by atoms with Crippen LogP contribution in [0.2, 0.25) is 0 Å². The maximum absolute atomic E-state index is 10.8. The SMILES string of the molecule is Cc1ccc(Cc2csc3cc4c(cc23)[C@]2(OC4)O[C@H](CO)[C@@H](O)[C@H](O)[C@H]2O)cc1. The molecule has 158 valence electrons. The maximum Gasteiger partial charge on any atom is 0.225 e. The van der Waals surface area contributed by atoms with Crippen LogP contribution in [0.4, 0.5) is 0 Å². The van der Waals surface area contributed by atoms with Crippen LogP contribution in [0.15, 0.2) is 41.8 Å². The third-order valence-corrected chi connectivity index (χ3v) is 7.16. The van der Waals surface area contributed by atoms with E-state index in [9.17, 15) is 20.4 Å². The van der Waals surface area contributed by atoms with Crippen molar-refractivity contribution in [3.8, 4) is 0 Å². The predicted molar refractivity (Wildman–Crippen MR) is 112 cm³/mol. The fraction of sp³-hybridized carbons (Fsp3) is 0.391. The summed E-state index contributed by atoms with van der Waals surface area (Å²) in [7, 11) is 0. The quantitative estimate of drug-likeness (QED) is 0.509. The van der Waals surface area contributed by atoms with Crippen molar-refractivity contribution >= 4 is 21.4 Å². The first-order valence-corrected chi connectivity index (χ1v) is 10.9. The van der Waals surface area contributed by atoms with Gasteiger partial charge in [-0.15, -0.1) is 11.3 Å². The molecule has 3 heterocycles. The Balaban J connectivity index is 1.57. The summed E-state index contributed by atoms with van der Waals surface area (Å²) in [4.78, 5) is 0. The summed E-state index contributed by atoms with van der Waals surface area (Å²) in [6, 6.07) is 12.4. The third kappa shape index (κ3) is 3.01. The first-order valence-electron chi connectivity index (χ1n) is 9.99. The highest BCUT2D eigenvalue weighted by molar-refractivity contribution is 7.17. The lowest BCUT2D eigenvalue weighted by Gasteiger charge is -2.46. The highest BCUT2D eigenvalue weighted by Gasteiger charge is 2.58. The molecule has 2 aliphatic rings. The van der Waals surface area contributed by atoms with Gasteiger partial charge in [-0.3, -0.25) is 0 Å². The van der Waals surface area contributed by atoms with Crippen LogP contribution in [-0.4, -0.2) is 51.4 Å². The van der Waals surface area contributed by atoms with Crippen LogP contribution in [-0.2, 0) is 28.3 Å². The molecular formula is C23H24O6S. The number of aryl methyl sites for hydroxylation is 1. The summed E-state index contributed by atoms with van der Waals surface area (Å²) < 4.78 is 12.9. The van der Waals surface area contributed by atoms with Crippen LogP contribution >= 0.6 is 11.3 Å². The molecule has 1 aromatic heterocycles. The molecule has 0 radical (unpaired) electrons. The van der Waals surface area contributed by atoms with E-state index in [0.29, 0.717) is 5.56 Å². The highest BCUT2D eigenvalue weighted by atomic mass is 32.1. The standard InChI is InChI=1S/C23H24O6S/c1-12-2-4-13(5-3-12)6-15-11-30-19-7-14-10-28-23(17(14)8-16(15)19)22(27)21(26)20(25)18(9-24)29-23/h2-5,7-8,11,18,20-22,24-27H,6,9-10H2,1H3/t18-,20-,21+,22-,23+/m1/s1. The zero-order valence-corrected chi connectivity index (χ0v) is 17.3. The molecule has 0 aliphatic carbocycles. The molecule has 1 saturated heterocycles. The minimum Gasteiger partial charge on any atom is -0.394 e. The van der Waals surface area contributed by atoms with E-state index in [-0.39, 0.29) is 6.61 Å². The van der Waals surface area contributed by atoms with Crippen molar-refractivity contribution in [2.45, 2.75) is 50.2 Å². The molecule has 0 unspecified atom stereocenters. The molecule has 0 saturated carbocycles. The largest absolute Gasteiger partial charge is 0.394 e. The fourth-order valence-electron chi connectivity index (χ4n) is 4.42. The van der Waals surface area contributed by atoms with Gasteiger partial charge in [0.1, 0.15) is 24.4 Å². The molecule has 5 atom stereocenters. The molecule has 30 heavy (non-hydrogen) atoms. The fourth-order valence-corrected chi connectivity index (χ4v) is 5.43. The van der Waals surface area contributed by atoms with E-state index in [1.807, 2.05) is 12.1 Å². The Kier molecular flexibility index (Phi) is 4.95. The molecule has 3 aromatic rings. The van der Waals surface area contributed by atoms with Crippen LogP contribution in [0.3, 0.4) is 0 Å². The number of fused-ring (bicyclic) bond motifs is 3. The number of benzene rings is 2. The van der Waals surface area contributed by atoms with Gasteiger partial charge in [-0.1, -0.05) is 29.8 Å². The number of aliphatic hydroxyl groups excluding tert-OH is 4. The summed E-state index contributed by atoms with van der Waals surface area (Å²) in [5, 5.41) is 44.0. The number of ether oxygens (including phenoxy) is 2. The summed E-state index contributed by atoms with van der Waals surface area (Å²) in [5.41, 5.74) is 5.09. The zero-order valence-electron chi connectivity index (χ0n) is 16.5. The Labute approximate surface area is 177 Å². The van der Waals surface area contributed by atoms with Gasteiger partial charge >= 0.3 is 0 Å². The molecule has 4 N–H and O–H groups in total. The second-order valence-corrected chi connectivity index (χ2v) is 9.06. The smallest absolute Gasteiger partial charge is 0.225 e. The van der Waals surface area contributed by atoms with Crippen molar-refractivity contribution < 1.29 is 29.9 Å². The number of thiophene rings is 1. The van der Waals surface area contributed by atoms with Crippen molar-refractivity contribution in [3.05, 3.63) is 69.6 Å². The van der Waals surface area contributed by atoms with E-state index in [1.54, 1.807) is 11.3 Å². The van der Waals surface area contributed by atoms with E-state index in [0.717, 1.165) is 27.6 Å². The van der Waals surface area contributed by atoms with Crippen LogP contribution < -0.4 is 0 Å². The minimum atomic E-state index is -1.61. The predicted octanol–water partition coefficient (Wildman–Crippen LogP) is 1.96. The van der Waals surface area contributed by atoms with Gasteiger partial charge in [-0.05, 0) is 52.9 Å². The number of aliphatic hydroxyl groups is 4. The molecule has 7 heteroatoms. The normalized spacial score (nSPS) is 30.8. The lowest BCUT2D eigenvalue weighted by molar-refractivity contribution is -0.368. The second kappa shape index (κ2) is 7.39. The van der Waals surface area contributed by atoms with Crippen molar-refractivity contribution in [1.82, 2.24) is 0 Å². The van der Waals surface area contributed by atoms with Crippen molar-refractivity contribution in [3.63, 3.8) is 0 Å². The summed E-state index contributed by atoms with van der Waals surface area (Å²) >= 11 is 1.66. The van der Waals surface area contributed by atoms with E-state index < -0.39 is 36.8 Å². The van der Waals surface area contributed by atoms with Crippen molar-refractivity contribution in [2.75, 3.05) is 6.61 Å². The van der Waals surface area contributed by atoms with Gasteiger partial charge in [0.25, 0.3) is 0 Å². The molecule has 2 aromatic carbocycles. The topological polar surface area (TPSA) is 99.4 Å². The van der Waals surface area contributed by atoms with E-state index in [1.165, 1.54) is 11.1 Å². The maximum atomic E-state index is 10.8. The zero-order chi connectivity index (χ0) is 21.0. The molecule has 0 bridgehead atoms. The summed E-state index contributed by atoms with van der Waals surface area (Å²) in [6.07, 6.45) is -4.65. The first kappa shape index (κ1) is 20.1. The van der Waals surface area contributed by atoms with Gasteiger partial charge in [0.15, 0.2) is 0 Å². The molecule has 6 nitrogen and oxygen atoms in total. The van der Waals surface area contributed by atoms with Crippen molar-refractivity contribution in [1.29, 1.82) is 0 Å². The van der Waals surface area contributed by atoms with E-state index in [2.05, 4.69) is 36.6 Å². The van der Waals surface area contributed by atoms with Gasteiger partial charge in [-0.2, -0.15) is 0 Å². The van der Waals surface area contributed by atoms with Crippen LogP contribution in [0.1, 0.15) is 27.8 Å². The molecule has 1 spiro atoms. The van der Waals surface area contributed by atoms with E-state index in [4.69, 9.17) is 9.47 Å². The summed E-state index contributed by atoms with van der Waals surface area (Å²) in [5.74, 6) is -1.61. The molecule has 1 fully saturated rings. The minimum absolute atomic E-state index is 0.217. The van der Waals surface area contributed by atoms with Gasteiger partial charge in [0.05, 0.1) is 13.2 Å². The highest BCUT2D eigenvalue weighted by Crippen LogP contribution is 2.47. The monoisotopic (exact) mass is 428 g/mol. The first-order chi connectivity index (χ1) is 14.4. The van der Waals surface area contributed by atoms with Gasteiger partial charge in [0, 0.05) is 10.3 Å². The van der Waals surface area contributed by atoms with Crippen LogP contribution in [0, 0.1) is 6.92 Å². The summed E-state index contributed by atoms with van der Waals surface area (Å²) in [6.45, 7) is 1.78. The van der Waals surface area contributed by atoms with E-state index >= 15 is 0 Å². The number of hydrogen-bond donors (Lipinski definition) is 4. The average Bonchev–Trinajstić information content (AvgIpc) is 3.31. The lowest BCUT2D eigenvalue weighted by atomic mass is 9.87. The Morgan fingerprint density at radius 2 is 1.87 bits per heavy atom. The second-order valence-electron chi connectivity index (χ2n) is 8.15. The van der Waals surface area contributed by atoms with Crippen LogP contribution in [0.5, 0.6) is 0 Å². The Morgan fingerprint density at radius 3 is 2.60 bits per heavy atom.